The van der Waals surface area contributed by atoms with E-state index in [-0.39, 0.29) is 17.2 Å². The number of hydrogen-bond acceptors (Lipinski definition) is 5. The quantitative estimate of drug-likeness (QED) is 0.794. The molecular weight excluding hydrogens is 368 g/mol. The van der Waals surface area contributed by atoms with E-state index in [9.17, 15) is 9.59 Å². The van der Waals surface area contributed by atoms with Crippen LogP contribution in [0.3, 0.4) is 0 Å². The Bertz CT molecular complexity index is 875. The average Bonchev–Trinajstić information content (AvgIpc) is 3.07. The molecule has 0 aliphatic carbocycles. The molecule has 0 radical (unpaired) electrons. The van der Waals surface area contributed by atoms with Crippen molar-refractivity contribution in [2.75, 3.05) is 26.2 Å². The van der Waals surface area contributed by atoms with Gasteiger partial charge in [-0.2, -0.15) is 0 Å². The Morgan fingerprint density at radius 1 is 1.24 bits per heavy atom. The smallest absolute Gasteiger partial charge is 0.259 e. The molecule has 0 saturated carbocycles. The molecule has 2 amide bonds. The number of carbonyl (C=O) groups is 2. The van der Waals surface area contributed by atoms with Crippen molar-refractivity contribution in [2.45, 2.75) is 46.0 Å². The molecule has 1 atom stereocenters. The van der Waals surface area contributed by atoms with E-state index < -0.39 is 0 Å². The lowest BCUT2D eigenvalue weighted by Crippen LogP contribution is -2.55. The molecule has 1 spiro atoms. The Morgan fingerprint density at radius 3 is 2.83 bits per heavy atom. The third-order valence-electron chi connectivity index (χ3n) is 6.31. The third-order valence-corrected chi connectivity index (χ3v) is 6.31. The summed E-state index contributed by atoms with van der Waals surface area (Å²) in [5, 5.41) is 3.93. The molecule has 0 bridgehead atoms. The lowest BCUT2D eigenvalue weighted by molar-refractivity contribution is -0.138. The number of amides is 2. The predicted octanol–water partition coefficient (Wildman–Crippen LogP) is 2.77. The summed E-state index contributed by atoms with van der Waals surface area (Å²) in [5.41, 5.74) is 2.20. The molecule has 0 aromatic carbocycles. The van der Waals surface area contributed by atoms with Crippen LogP contribution in [0.15, 0.2) is 28.9 Å². The van der Waals surface area contributed by atoms with Gasteiger partial charge in [0.05, 0.1) is 5.69 Å². The maximum Gasteiger partial charge on any atom is 0.259 e. The summed E-state index contributed by atoms with van der Waals surface area (Å²) in [6.45, 7) is 6.41. The van der Waals surface area contributed by atoms with Gasteiger partial charge in [-0.3, -0.25) is 14.6 Å². The molecule has 7 heteroatoms. The summed E-state index contributed by atoms with van der Waals surface area (Å²) in [4.78, 5) is 33.9. The highest BCUT2D eigenvalue weighted by Crippen LogP contribution is 2.39. The molecule has 4 heterocycles. The van der Waals surface area contributed by atoms with Gasteiger partial charge in [-0.15, -0.1) is 0 Å². The summed E-state index contributed by atoms with van der Waals surface area (Å²) >= 11 is 0. The number of likely N-dealkylation sites (tertiary alicyclic amines) is 2. The SMILES string of the molecule is Cc1noc(C)c1C(=O)N1CCCC2(CCC(=O)N(CCc3ccccn3)C2)C1. The van der Waals surface area contributed by atoms with Crippen LogP contribution in [0.25, 0.3) is 0 Å². The molecule has 2 aliphatic heterocycles. The Balaban J connectivity index is 1.45. The van der Waals surface area contributed by atoms with Crippen molar-refractivity contribution >= 4 is 11.8 Å². The van der Waals surface area contributed by atoms with Crippen molar-refractivity contribution in [3.05, 3.63) is 47.1 Å². The highest BCUT2D eigenvalue weighted by Gasteiger charge is 2.43. The molecular formula is C22H28N4O3. The number of piperidine rings is 2. The minimum Gasteiger partial charge on any atom is -0.361 e. The zero-order valence-corrected chi connectivity index (χ0v) is 17.2. The lowest BCUT2D eigenvalue weighted by Gasteiger charge is -2.48. The first-order valence-electron chi connectivity index (χ1n) is 10.4. The standard InChI is InChI=1S/C22H28N4O3/c1-16-20(17(2)29-24-16)21(28)26-12-5-9-22(15-26)10-7-19(27)25(14-22)13-8-18-6-3-4-11-23-18/h3-4,6,11H,5,7-10,12-15H2,1-2H3. The number of aromatic nitrogens is 2. The second-order valence-corrected chi connectivity index (χ2v) is 8.42. The zero-order valence-electron chi connectivity index (χ0n) is 17.2. The van der Waals surface area contributed by atoms with Gasteiger partial charge in [0, 0.05) is 56.3 Å². The fourth-order valence-corrected chi connectivity index (χ4v) is 4.76. The summed E-state index contributed by atoms with van der Waals surface area (Å²) in [5.74, 6) is 0.779. The van der Waals surface area contributed by atoms with E-state index in [1.807, 2.05) is 34.9 Å². The van der Waals surface area contributed by atoms with Gasteiger partial charge in [-0.25, -0.2) is 0 Å². The van der Waals surface area contributed by atoms with Crippen molar-refractivity contribution in [1.29, 1.82) is 0 Å². The van der Waals surface area contributed by atoms with Gasteiger partial charge in [0.2, 0.25) is 5.91 Å². The Morgan fingerprint density at radius 2 is 2.10 bits per heavy atom. The lowest BCUT2D eigenvalue weighted by atomic mass is 9.73. The van der Waals surface area contributed by atoms with Crippen LogP contribution in [0.4, 0.5) is 0 Å². The third kappa shape index (κ3) is 4.04. The average molecular weight is 396 g/mol. The van der Waals surface area contributed by atoms with Crippen LogP contribution in [-0.4, -0.2) is 57.9 Å². The molecule has 7 nitrogen and oxygen atoms in total. The summed E-state index contributed by atoms with van der Waals surface area (Å²) in [6, 6.07) is 5.87. The topological polar surface area (TPSA) is 79.5 Å². The van der Waals surface area contributed by atoms with Crippen molar-refractivity contribution < 1.29 is 14.1 Å². The van der Waals surface area contributed by atoms with E-state index in [2.05, 4.69) is 10.1 Å². The molecule has 2 aromatic rings. The van der Waals surface area contributed by atoms with Crippen LogP contribution in [0.1, 0.15) is 53.2 Å². The van der Waals surface area contributed by atoms with E-state index >= 15 is 0 Å². The first kappa shape index (κ1) is 19.6. The number of aryl methyl sites for hydroxylation is 2. The second-order valence-electron chi connectivity index (χ2n) is 8.42. The molecule has 0 N–H and O–H groups in total. The molecule has 2 fully saturated rings. The van der Waals surface area contributed by atoms with Crippen LogP contribution < -0.4 is 0 Å². The van der Waals surface area contributed by atoms with Crippen LogP contribution >= 0.6 is 0 Å². The molecule has 2 saturated heterocycles. The van der Waals surface area contributed by atoms with Gasteiger partial charge in [-0.1, -0.05) is 11.2 Å². The largest absolute Gasteiger partial charge is 0.361 e. The Hall–Kier alpha value is -2.70. The fourth-order valence-electron chi connectivity index (χ4n) is 4.76. The van der Waals surface area contributed by atoms with Gasteiger partial charge in [-0.05, 0) is 45.2 Å². The van der Waals surface area contributed by atoms with Crippen LogP contribution in [0.2, 0.25) is 0 Å². The second kappa shape index (κ2) is 7.97. The van der Waals surface area contributed by atoms with Gasteiger partial charge >= 0.3 is 0 Å². The van der Waals surface area contributed by atoms with Crippen molar-refractivity contribution in [1.82, 2.24) is 19.9 Å². The summed E-state index contributed by atoms with van der Waals surface area (Å²) < 4.78 is 5.19. The molecule has 29 heavy (non-hydrogen) atoms. The number of carbonyl (C=O) groups excluding carboxylic acids is 2. The van der Waals surface area contributed by atoms with Crippen molar-refractivity contribution in [3.8, 4) is 0 Å². The summed E-state index contributed by atoms with van der Waals surface area (Å²) in [7, 11) is 0. The monoisotopic (exact) mass is 396 g/mol. The summed E-state index contributed by atoms with van der Waals surface area (Å²) in [6.07, 6.45) is 5.94. The number of hydrogen-bond donors (Lipinski definition) is 0. The molecule has 2 aliphatic rings. The highest BCUT2D eigenvalue weighted by molar-refractivity contribution is 5.96. The molecule has 1 unspecified atom stereocenters. The van der Waals surface area contributed by atoms with Crippen LogP contribution in [-0.2, 0) is 11.2 Å². The molecule has 4 rings (SSSR count). The number of pyridine rings is 1. The van der Waals surface area contributed by atoms with Gasteiger partial charge in [0.15, 0.2) is 0 Å². The van der Waals surface area contributed by atoms with Gasteiger partial charge in [0.25, 0.3) is 5.91 Å². The Kier molecular flexibility index (Phi) is 5.39. The predicted molar refractivity (Wildman–Crippen MR) is 107 cm³/mol. The zero-order chi connectivity index (χ0) is 20.4. The van der Waals surface area contributed by atoms with E-state index in [0.717, 1.165) is 37.9 Å². The van der Waals surface area contributed by atoms with E-state index in [0.29, 0.717) is 43.1 Å². The maximum absolute atomic E-state index is 13.1. The maximum atomic E-state index is 13.1. The van der Waals surface area contributed by atoms with Crippen molar-refractivity contribution in [3.63, 3.8) is 0 Å². The molecule has 154 valence electrons. The van der Waals surface area contributed by atoms with E-state index in [1.54, 1.807) is 13.1 Å². The van der Waals surface area contributed by atoms with E-state index in [1.165, 1.54) is 0 Å². The highest BCUT2D eigenvalue weighted by atomic mass is 16.5. The van der Waals surface area contributed by atoms with Gasteiger partial charge in [0.1, 0.15) is 11.3 Å². The first-order chi connectivity index (χ1) is 14.0. The minimum atomic E-state index is -0.0229. The number of nitrogens with zero attached hydrogens (tertiary/aromatic N) is 4. The first-order valence-corrected chi connectivity index (χ1v) is 10.4. The van der Waals surface area contributed by atoms with Gasteiger partial charge < -0.3 is 14.3 Å². The fraction of sp³-hybridized carbons (Fsp3) is 0.545. The normalized spacial score (nSPS) is 22.3. The Labute approximate surface area is 171 Å². The minimum absolute atomic E-state index is 0.00254. The molecule has 2 aromatic heterocycles. The van der Waals surface area contributed by atoms with Crippen molar-refractivity contribution in [2.24, 2.45) is 5.41 Å². The number of rotatable bonds is 4. The van der Waals surface area contributed by atoms with E-state index in [4.69, 9.17) is 4.52 Å². The van der Waals surface area contributed by atoms with Crippen LogP contribution in [0.5, 0.6) is 0 Å². The van der Waals surface area contributed by atoms with Crippen LogP contribution in [0, 0.1) is 19.3 Å².